The van der Waals surface area contributed by atoms with Crippen LogP contribution in [0.1, 0.15) is 23.2 Å². The van der Waals surface area contributed by atoms with E-state index in [1.165, 1.54) is 42.5 Å². The molecule has 2 aromatic heterocycles. The number of nitrogens with zero attached hydrogens (tertiary/aromatic N) is 4. The van der Waals surface area contributed by atoms with Gasteiger partial charge in [0.1, 0.15) is 17.3 Å². The van der Waals surface area contributed by atoms with Crippen molar-refractivity contribution in [1.29, 1.82) is 0 Å². The number of anilines is 3. The van der Waals surface area contributed by atoms with Crippen LogP contribution >= 0.6 is 0 Å². The van der Waals surface area contributed by atoms with Crippen LogP contribution in [-0.4, -0.2) is 67.7 Å². The van der Waals surface area contributed by atoms with Gasteiger partial charge in [0, 0.05) is 31.3 Å². The predicted octanol–water partition coefficient (Wildman–Crippen LogP) is 0.963. The molecule has 1 aliphatic carbocycles. The van der Waals surface area contributed by atoms with Gasteiger partial charge in [0.15, 0.2) is 5.75 Å². The van der Waals surface area contributed by atoms with Gasteiger partial charge in [0.2, 0.25) is 5.91 Å². The first-order chi connectivity index (χ1) is 16.5. The summed E-state index contributed by atoms with van der Waals surface area (Å²) >= 11 is 0. The minimum atomic E-state index is -2.00. The summed E-state index contributed by atoms with van der Waals surface area (Å²) in [6.45, 7) is 0. The van der Waals surface area contributed by atoms with Crippen LogP contribution in [0.25, 0.3) is 11.3 Å². The molecular weight excluding hydrogens is 450 g/mol. The van der Waals surface area contributed by atoms with Gasteiger partial charge in [-0.25, -0.2) is 9.37 Å². The van der Waals surface area contributed by atoms with E-state index in [4.69, 9.17) is 28.3 Å². The van der Waals surface area contributed by atoms with E-state index in [-0.39, 0.29) is 40.3 Å². The standard InChI is InChI=1S/C21H19B3FN7O3/c1-32-27-9-16(31-32)12-5-11(25)6-15(18(12)35-2)28-14-7-17(29-19(33)10-3-4-10)26-8-13(14)20(34)30-21(22,23)24/h5-10H,3-4H2,1-2H3,(H,30,34)(H2,26,28,29,33). The Morgan fingerprint density at radius 1 is 1.17 bits per heavy atom. The summed E-state index contributed by atoms with van der Waals surface area (Å²) in [7, 11) is 19.5. The summed E-state index contributed by atoms with van der Waals surface area (Å²) in [4.78, 5) is 30.5. The van der Waals surface area contributed by atoms with E-state index in [0.717, 1.165) is 12.8 Å². The number of halogens is 1. The maximum atomic E-state index is 14.6. The molecule has 3 aromatic rings. The van der Waals surface area contributed by atoms with Crippen molar-refractivity contribution in [2.24, 2.45) is 13.0 Å². The zero-order valence-corrected chi connectivity index (χ0v) is 19.0. The number of aromatic nitrogens is 4. The van der Waals surface area contributed by atoms with E-state index in [0.29, 0.717) is 11.3 Å². The Labute approximate surface area is 204 Å². The maximum absolute atomic E-state index is 14.6. The highest BCUT2D eigenvalue weighted by Gasteiger charge is 2.30. The minimum Gasteiger partial charge on any atom is -0.494 e. The number of carbonyl (C=O) groups excluding carboxylic acids is 2. The van der Waals surface area contributed by atoms with Gasteiger partial charge in [-0.15, -0.1) is 0 Å². The molecule has 0 aliphatic heterocycles. The summed E-state index contributed by atoms with van der Waals surface area (Å²) in [6, 6.07) is 3.86. The minimum absolute atomic E-state index is 0.0208. The van der Waals surface area contributed by atoms with Crippen molar-refractivity contribution in [3.8, 4) is 17.0 Å². The van der Waals surface area contributed by atoms with Crippen molar-refractivity contribution in [3.63, 3.8) is 0 Å². The number of carbonyl (C=O) groups is 2. The van der Waals surface area contributed by atoms with Gasteiger partial charge in [0.25, 0.3) is 5.91 Å². The highest BCUT2D eigenvalue weighted by atomic mass is 19.1. The number of nitrogens with one attached hydrogen (secondary N) is 3. The van der Waals surface area contributed by atoms with E-state index in [9.17, 15) is 14.0 Å². The van der Waals surface area contributed by atoms with Crippen LogP contribution < -0.4 is 20.7 Å². The summed E-state index contributed by atoms with van der Waals surface area (Å²) in [6.07, 6.45) is 4.27. The lowest BCUT2D eigenvalue weighted by Crippen LogP contribution is -2.50. The molecule has 0 atom stereocenters. The van der Waals surface area contributed by atoms with Gasteiger partial charge >= 0.3 is 0 Å². The fourth-order valence-electron chi connectivity index (χ4n) is 3.36. The molecule has 0 spiro atoms. The lowest BCUT2D eigenvalue weighted by atomic mass is 9.49. The number of ether oxygens (including phenoxy) is 1. The van der Waals surface area contributed by atoms with Crippen molar-refractivity contribution in [3.05, 3.63) is 42.0 Å². The van der Waals surface area contributed by atoms with Crippen LogP contribution in [0, 0.1) is 11.7 Å². The lowest BCUT2D eigenvalue weighted by Gasteiger charge is -2.23. The van der Waals surface area contributed by atoms with E-state index in [2.05, 4.69) is 31.1 Å². The Morgan fingerprint density at radius 3 is 2.51 bits per heavy atom. The second-order valence-corrected chi connectivity index (χ2v) is 8.14. The summed E-state index contributed by atoms with van der Waals surface area (Å²) in [5, 5.41) is 14.1. The molecule has 1 aromatic carbocycles. The maximum Gasteiger partial charge on any atom is 0.253 e. The fraction of sp³-hybridized carbons (Fsp3) is 0.286. The van der Waals surface area contributed by atoms with Crippen LogP contribution in [0.4, 0.5) is 21.6 Å². The van der Waals surface area contributed by atoms with Crippen molar-refractivity contribution in [1.82, 2.24) is 25.3 Å². The van der Waals surface area contributed by atoms with Gasteiger partial charge in [-0.3, -0.25) is 9.59 Å². The van der Waals surface area contributed by atoms with E-state index in [1.54, 1.807) is 7.05 Å². The Balaban J connectivity index is 1.76. The molecule has 0 unspecified atom stereocenters. The molecule has 10 nitrogen and oxygen atoms in total. The average Bonchev–Trinajstić information content (AvgIpc) is 3.53. The Kier molecular flexibility index (Phi) is 6.55. The van der Waals surface area contributed by atoms with Crippen LogP contribution in [0.3, 0.4) is 0 Å². The third kappa shape index (κ3) is 5.82. The van der Waals surface area contributed by atoms with Gasteiger partial charge in [0.05, 0.1) is 59.3 Å². The molecule has 2 amide bonds. The van der Waals surface area contributed by atoms with Crippen molar-refractivity contribution in [2.75, 3.05) is 17.7 Å². The molecule has 0 saturated heterocycles. The highest BCUT2D eigenvalue weighted by molar-refractivity contribution is 6.60. The Bertz CT molecular complexity index is 1290. The molecule has 0 bridgehead atoms. The molecule has 4 rings (SSSR count). The zero-order valence-electron chi connectivity index (χ0n) is 19.0. The first kappa shape index (κ1) is 24.3. The predicted molar refractivity (Wildman–Crippen MR) is 129 cm³/mol. The number of aryl methyl sites for hydroxylation is 1. The van der Waals surface area contributed by atoms with Gasteiger partial charge in [-0.05, 0) is 18.9 Å². The number of amides is 2. The van der Waals surface area contributed by atoms with Crippen LogP contribution in [0.15, 0.2) is 30.6 Å². The molecule has 35 heavy (non-hydrogen) atoms. The van der Waals surface area contributed by atoms with Crippen molar-refractivity contribution in [2.45, 2.75) is 18.1 Å². The SMILES string of the molecule is [B]C([B])([B])NC(=O)c1cnc(NC(=O)C2CC2)cc1Nc1cc(F)cc(-c2cnn(C)n2)c1OC. The van der Waals surface area contributed by atoms with E-state index >= 15 is 0 Å². The third-order valence-corrected chi connectivity index (χ3v) is 5.08. The number of pyridine rings is 1. The molecule has 14 heteroatoms. The largest absolute Gasteiger partial charge is 0.494 e. The molecule has 2 heterocycles. The van der Waals surface area contributed by atoms with Gasteiger partial charge in [-0.1, -0.05) is 5.24 Å². The van der Waals surface area contributed by atoms with Crippen LogP contribution in [-0.2, 0) is 11.8 Å². The average molecular weight is 469 g/mol. The fourth-order valence-corrected chi connectivity index (χ4v) is 3.36. The zero-order chi connectivity index (χ0) is 25.3. The molecular formula is C21H19B3FN7O3. The molecule has 3 N–H and O–H groups in total. The second-order valence-electron chi connectivity index (χ2n) is 8.14. The molecule has 1 saturated carbocycles. The van der Waals surface area contributed by atoms with E-state index < -0.39 is 17.0 Å². The quantitative estimate of drug-likeness (QED) is 0.421. The molecule has 1 aliphatic rings. The first-order valence-corrected chi connectivity index (χ1v) is 10.6. The highest BCUT2D eigenvalue weighted by Crippen LogP contribution is 2.39. The number of hydrogen-bond donors (Lipinski definition) is 3. The number of hydrogen-bond acceptors (Lipinski definition) is 7. The van der Waals surface area contributed by atoms with Crippen LogP contribution in [0.2, 0.25) is 0 Å². The number of methoxy groups -OCH3 is 1. The molecule has 6 radical (unpaired) electrons. The molecule has 1 fully saturated rings. The Morgan fingerprint density at radius 2 is 1.91 bits per heavy atom. The smallest absolute Gasteiger partial charge is 0.253 e. The van der Waals surface area contributed by atoms with Crippen LogP contribution in [0.5, 0.6) is 5.75 Å². The van der Waals surface area contributed by atoms with E-state index in [1.807, 2.05) is 0 Å². The summed E-state index contributed by atoms with van der Waals surface area (Å²) in [5.41, 5.74) is 1.01. The monoisotopic (exact) mass is 469 g/mol. The lowest BCUT2D eigenvalue weighted by molar-refractivity contribution is -0.117. The number of benzene rings is 1. The van der Waals surface area contributed by atoms with Gasteiger partial charge in [-0.2, -0.15) is 15.0 Å². The first-order valence-electron chi connectivity index (χ1n) is 10.6. The molecule has 172 valence electrons. The summed E-state index contributed by atoms with van der Waals surface area (Å²) < 4.78 is 20.1. The van der Waals surface area contributed by atoms with Gasteiger partial charge < -0.3 is 20.7 Å². The topological polar surface area (TPSA) is 123 Å². The Hall–Kier alpha value is -3.83. The van der Waals surface area contributed by atoms with Crippen molar-refractivity contribution < 1.29 is 18.7 Å². The third-order valence-electron chi connectivity index (χ3n) is 5.08. The second kappa shape index (κ2) is 9.43. The van der Waals surface area contributed by atoms with Crippen molar-refractivity contribution >= 4 is 52.5 Å². The number of rotatable bonds is 8. The normalized spacial score (nSPS) is 13.2. The summed E-state index contributed by atoms with van der Waals surface area (Å²) in [5.74, 6) is -1.17.